The zero-order valence-corrected chi connectivity index (χ0v) is 16.3. The molecule has 0 aliphatic carbocycles. The Bertz CT molecular complexity index is 1090. The first-order valence-electron chi connectivity index (χ1n) is 8.54. The SMILES string of the molecule is Cc1ccc(C)c(S(=O)(=O)Oc2ccccc2C(=O)OCc2ccccn2)c1. The van der Waals surface area contributed by atoms with Crippen LogP contribution in [0.25, 0.3) is 0 Å². The van der Waals surface area contributed by atoms with Crippen LogP contribution in [0.1, 0.15) is 27.2 Å². The van der Waals surface area contributed by atoms with E-state index in [0.717, 1.165) is 5.56 Å². The summed E-state index contributed by atoms with van der Waals surface area (Å²) in [5.41, 5.74) is 1.95. The fraction of sp³-hybridized carbons (Fsp3) is 0.143. The smallest absolute Gasteiger partial charge is 0.342 e. The zero-order valence-electron chi connectivity index (χ0n) is 15.5. The number of para-hydroxylation sites is 1. The molecule has 3 aromatic rings. The molecule has 0 amide bonds. The molecule has 0 saturated carbocycles. The van der Waals surface area contributed by atoms with Gasteiger partial charge in [0.05, 0.1) is 5.69 Å². The normalized spacial score (nSPS) is 11.1. The Kier molecular flexibility index (Phi) is 5.75. The lowest BCUT2D eigenvalue weighted by Gasteiger charge is -2.13. The molecule has 0 saturated heterocycles. The highest BCUT2D eigenvalue weighted by Crippen LogP contribution is 2.26. The lowest BCUT2D eigenvalue weighted by molar-refractivity contribution is 0.0466. The van der Waals surface area contributed by atoms with Gasteiger partial charge < -0.3 is 8.92 Å². The maximum absolute atomic E-state index is 12.7. The summed E-state index contributed by atoms with van der Waals surface area (Å²) in [5.74, 6) is -0.785. The van der Waals surface area contributed by atoms with Gasteiger partial charge in [0, 0.05) is 6.20 Å². The first-order chi connectivity index (χ1) is 13.4. The van der Waals surface area contributed by atoms with E-state index in [-0.39, 0.29) is 22.8 Å². The standard InChI is InChI=1S/C21H19NO5S/c1-15-10-11-16(2)20(13-15)28(24,25)27-19-9-4-3-8-18(19)21(23)26-14-17-7-5-6-12-22-17/h3-13H,14H2,1-2H3. The van der Waals surface area contributed by atoms with E-state index in [0.29, 0.717) is 11.3 Å². The second kappa shape index (κ2) is 8.22. The average molecular weight is 397 g/mol. The van der Waals surface area contributed by atoms with Gasteiger partial charge >= 0.3 is 16.1 Å². The number of ether oxygens (including phenoxy) is 1. The van der Waals surface area contributed by atoms with Gasteiger partial charge in [-0.2, -0.15) is 8.42 Å². The Morgan fingerprint density at radius 1 is 1.00 bits per heavy atom. The molecule has 1 aromatic heterocycles. The number of carbonyl (C=O) groups is 1. The number of aryl methyl sites for hydroxylation is 2. The fourth-order valence-corrected chi connectivity index (χ4v) is 3.81. The summed E-state index contributed by atoms with van der Waals surface area (Å²) >= 11 is 0. The maximum Gasteiger partial charge on any atom is 0.342 e. The minimum Gasteiger partial charge on any atom is -0.455 e. The van der Waals surface area contributed by atoms with Crippen LogP contribution in [0, 0.1) is 13.8 Å². The Labute approximate surface area is 163 Å². The van der Waals surface area contributed by atoms with Crippen molar-refractivity contribution in [2.75, 3.05) is 0 Å². The van der Waals surface area contributed by atoms with Gasteiger partial charge in [0.25, 0.3) is 0 Å². The molecule has 6 nitrogen and oxygen atoms in total. The van der Waals surface area contributed by atoms with E-state index in [9.17, 15) is 13.2 Å². The minimum absolute atomic E-state index is 0.0207. The van der Waals surface area contributed by atoms with E-state index in [4.69, 9.17) is 8.92 Å². The number of carbonyl (C=O) groups excluding carboxylic acids is 1. The van der Waals surface area contributed by atoms with E-state index < -0.39 is 16.1 Å². The van der Waals surface area contributed by atoms with Gasteiger partial charge in [0.15, 0.2) is 5.75 Å². The van der Waals surface area contributed by atoms with Crippen molar-refractivity contribution in [1.29, 1.82) is 0 Å². The number of esters is 1. The summed E-state index contributed by atoms with van der Waals surface area (Å²) in [7, 11) is -4.11. The van der Waals surface area contributed by atoms with Crippen LogP contribution in [0.3, 0.4) is 0 Å². The van der Waals surface area contributed by atoms with Gasteiger partial charge in [0.1, 0.15) is 17.1 Å². The molecular weight excluding hydrogens is 378 g/mol. The van der Waals surface area contributed by atoms with Crippen LogP contribution >= 0.6 is 0 Å². The molecule has 0 atom stereocenters. The molecule has 28 heavy (non-hydrogen) atoms. The number of aromatic nitrogens is 1. The summed E-state index contributed by atoms with van der Waals surface area (Å²) in [5, 5.41) is 0. The summed E-state index contributed by atoms with van der Waals surface area (Å²) in [6, 6.07) is 16.4. The van der Waals surface area contributed by atoms with Gasteiger partial charge in [0.2, 0.25) is 0 Å². The van der Waals surface area contributed by atoms with Crippen LogP contribution in [0.5, 0.6) is 5.75 Å². The lowest BCUT2D eigenvalue weighted by Crippen LogP contribution is -2.15. The summed E-state index contributed by atoms with van der Waals surface area (Å²) < 4.78 is 36.0. The first-order valence-corrected chi connectivity index (χ1v) is 9.95. The highest BCUT2D eigenvalue weighted by molar-refractivity contribution is 7.87. The molecule has 0 radical (unpaired) electrons. The molecule has 3 rings (SSSR count). The zero-order chi connectivity index (χ0) is 20.1. The second-order valence-electron chi connectivity index (χ2n) is 6.20. The van der Waals surface area contributed by atoms with Crippen LogP contribution in [-0.4, -0.2) is 19.4 Å². The molecule has 2 aromatic carbocycles. The monoisotopic (exact) mass is 397 g/mol. The molecule has 144 valence electrons. The van der Waals surface area contributed by atoms with Crippen LogP contribution in [-0.2, 0) is 21.5 Å². The predicted octanol–water partition coefficient (Wildman–Crippen LogP) is 3.82. The third-order valence-corrected chi connectivity index (χ3v) is 5.37. The average Bonchev–Trinajstić information content (AvgIpc) is 2.69. The van der Waals surface area contributed by atoms with Crippen LogP contribution in [0.15, 0.2) is 71.8 Å². The number of pyridine rings is 1. The molecule has 0 bridgehead atoms. The molecule has 7 heteroatoms. The summed E-state index contributed by atoms with van der Waals surface area (Å²) in [6.45, 7) is 3.45. The van der Waals surface area contributed by atoms with E-state index >= 15 is 0 Å². The highest BCUT2D eigenvalue weighted by atomic mass is 32.2. The van der Waals surface area contributed by atoms with Crippen molar-refractivity contribution in [1.82, 2.24) is 4.98 Å². The van der Waals surface area contributed by atoms with Crippen LogP contribution in [0.4, 0.5) is 0 Å². The van der Waals surface area contributed by atoms with E-state index in [1.165, 1.54) is 18.2 Å². The fourth-order valence-electron chi connectivity index (χ4n) is 2.55. The predicted molar refractivity (Wildman–Crippen MR) is 104 cm³/mol. The molecule has 0 spiro atoms. The Morgan fingerprint density at radius 3 is 2.50 bits per heavy atom. The molecule has 0 N–H and O–H groups in total. The minimum atomic E-state index is -4.11. The quantitative estimate of drug-likeness (QED) is 0.464. The van der Waals surface area contributed by atoms with Gasteiger partial charge in [-0.05, 0) is 55.3 Å². The first kappa shape index (κ1) is 19.6. The molecule has 0 unspecified atom stereocenters. The maximum atomic E-state index is 12.7. The summed E-state index contributed by atoms with van der Waals surface area (Å²) in [4.78, 5) is 16.6. The van der Waals surface area contributed by atoms with Crippen molar-refractivity contribution in [3.05, 3.63) is 89.2 Å². The van der Waals surface area contributed by atoms with Crippen LogP contribution in [0.2, 0.25) is 0 Å². The van der Waals surface area contributed by atoms with Gasteiger partial charge in [-0.15, -0.1) is 0 Å². The molecular formula is C21H19NO5S. The molecule has 0 fully saturated rings. The van der Waals surface area contributed by atoms with E-state index in [1.807, 2.05) is 6.07 Å². The van der Waals surface area contributed by atoms with Crippen molar-refractivity contribution in [2.24, 2.45) is 0 Å². The number of nitrogens with zero attached hydrogens (tertiary/aromatic N) is 1. The van der Waals surface area contributed by atoms with Crippen molar-refractivity contribution < 1.29 is 22.1 Å². The Hall–Kier alpha value is -3.19. The van der Waals surface area contributed by atoms with Crippen molar-refractivity contribution in [3.63, 3.8) is 0 Å². The molecule has 0 aliphatic rings. The van der Waals surface area contributed by atoms with Crippen molar-refractivity contribution in [3.8, 4) is 5.75 Å². The van der Waals surface area contributed by atoms with Gasteiger partial charge in [-0.3, -0.25) is 4.98 Å². The third kappa shape index (κ3) is 4.55. The molecule has 1 heterocycles. The highest BCUT2D eigenvalue weighted by Gasteiger charge is 2.23. The largest absolute Gasteiger partial charge is 0.455 e. The number of benzene rings is 2. The summed E-state index contributed by atoms with van der Waals surface area (Å²) in [6.07, 6.45) is 1.59. The number of rotatable bonds is 6. The molecule has 0 aliphatic heterocycles. The number of hydrogen-bond acceptors (Lipinski definition) is 6. The Morgan fingerprint density at radius 2 is 1.75 bits per heavy atom. The van der Waals surface area contributed by atoms with Gasteiger partial charge in [-0.25, -0.2) is 4.79 Å². The van der Waals surface area contributed by atoms with Crippen LogP contribution < -0.4 is 4.18 Å². The third-order valence-electron chi connectivity index (χ3n) is 4.00. The lowest BCUT2D eigenvalue weighted by atomic mass is 10.2. The topological polar surface area (TPSA) is 82.6 Å². The van der Waals surface area contributed by atoms with E-state index in [1.54, 1.807) is 56.4 Å². The number of hydrogen-bond donors (Lipinski definition) is 0. The van der Waals surface area contributed by atoms with Crippen molar-refractivity contribution >= 4 is 16.1 Å². The second-order valence-corrected chi connectivity index (χ2v) is 7.71. The van der Waals surface area contributed by atoms with Gasteiger partial charge in [-0.1, -0.05) is 30.3 Å². The van der Waals surface area contributed by atoms with E-state index in [2.05, 4.69) is 4.98 Å². The van der Waals surface area contributed by atoms with Crippen molar-refractivity contribution in [2.45, 2.75) is 25.3 Å². The Balaban J connectivity index is 1.83.